The van der Waals surface area contributed by atoms with E-state index in [-0.39, 0.29) is 0 Å². The molecule has 0 amide bonds. The molecule has 4 nitrogen and oxygen atoms in total. The summed E-state index contributed by atoms with van der Waals surface area (Å²) >= 11 is 0. The summed E-state index contributed by atoms with van der Waals surface area (Å²) in [4.78, 5) is 4.48. The Labute approximate surface area is 122 Å². The molecule has 1 aromatic rings. The third-order valence-electron chi connectivity index (χ3n) is 2.96. The fraction of sp³-hybridized carbons (Fsp3) is 0.562. The van der Waals surface area contributed by atoms with Gasteiger partial charge < -0.3 is 15.7 Å². The molecular weight excluding hydrogens is 250 g/mol. The van der Waals surface area contributed by atoms with Crippen LogP contribution in [0, 0.1) is 5.92 Å². The van der Waals surface area contributed by atoms with Crippen LogP contribution >= 0.6 is 0 Å². The smallest absolute Gasteiger partial charge is 0.191 e. The fourth-order valence-electron chi connectivity index (χ4n) is 1.76. The van der Waals surface area contributed by atoms with Crippen molar-refractivity contribution in [3.63, 3.8) is 0 Å². The number of guanidine groups is 1. The van der Waals surface area contributed by atoms with E-state index in [9.17, 15) is 5.11 Å². The maximum Gasteiger partial charge on any atom is 0.191 e. The second-order valence-electron chi connectivity index (χ2n) is 5.61. The molecule has 0 heterocycles. The number of benzene rings is 1. The Bertz CT molecular complexity index is 413. The van der Waals surface area contributed by atoms with Crippen molar-refractivity contribution in [2.75, 3.05) is 19.6 Å². The first-order valence-corrected chi connectivity index (χ1v) is 7.25. The van der Waals surface area contributed by atoms with E-state index < -0.39 is 5.60 Å². The van der Waals surface area contributed by atoms with Gasteiger partial charge >= 0.3 is 0 Å². The average molecular weight is 277 g/mol. The molecule has 1 rings (SSSR count). The number of aliphatic hydroxyl groups is 1. The van der Waals surface area contributed by atoms with Gasteiger partial charge in [-0.1, -0.05) is 44.2 Å². The van der Waals surface area contributed by atoms with Crippen LogP contribution in [0.1, 0.15) is 33.3 Å². The fourth-order valence-corrected chi connectivity index (χ4v) is 1.76. The van der Waals surface area contributed by atoms with E-state index in [2.05, 4.69) is 29.5 Å². The zero-order chi connectivity index (χ0) is 15.0. The van der Waals surface area contributed by atoms with Crippen LogP contribution in [0.4, 0.5) is 0 Å². The summed E-state index contributed by atoms with van der Waals surface area (Å²) in [5.74, 6) is 1.30. The van der Waals surface area contributed by atoms with Gasteiger partial charge in [0.25, 0.3) is 0 Å². The highest BCUT2D eigenvalue weighted by atomic mass is 16.3. The molecule has 20 heavy (non-hydrogen) atoms. The van der Waals surface area contributed by atoms with E-state index in [0.717, 1.165) is 24.6 Å². The van der Waals surface area contributed by atoms with Crippen molar-refractivity contribution in [2.45, 2.75) is 33.3 Å². The van der Waals surface area contributed by atoms with Crippen LogP contribution in [0.3, 0.4) is 0 Å². The molecular formula is C16H27N3O. The standard InChI is InChI=1S/C16H27N3O/c1-5-17-15(18-11-13(2)3)19-12-16(4,20)14-9-7-6-8-10-14/h6-10,13,20H,5,11-12H2,1-4H3,(H2,17,18,19). The minimum Gasteiger partial charge on any atom is -0.384 e. The monoisotopic (exact) mass is 277 g/mol. The molecule has 0 saturated heterocycles. The molecule has 0 aliphatic heterocycles. The lowest BCUT2D eigenvalue weighted by Crippen LogP contribution is -2.40. The van der Waals surface area contributed by atoms with Crippen molar-refractivity contribution in [1.82, 2.24) is 10.6 Å². The van der Waals surface area contributed by atoms with Crippen LogP contribution in [0.5, 0.6) is 0 Å². The predicted molar refractivity (Wildman–Crippen MR) is 84.8 cm³/mol. The van der Waals surface area contributed by atoms with Crippen LogP contribution in [0.25, 0.3) is 0 Å². The van der Waals surface area contributed by atoms with E-state index in [1.807, 2.05) is 37.3 Å². The molecule has 0 fully saturated rings. The SMILES string of the molecule is CCNC(=NCC(C)(O)c1ccccc1)NCC(C)C. The van der Waals surface area contributed by atoms with Crippen molar-refractivity contribution in [2.24, 2.45) is 10.9 Å². The quantitative estimate of drug-likeness (QED) is 0.551. The van der Waals surface area contributed by atoms with Crippen molar-refractivity contribution < 1.29 is 5.11 Å². The van der Waals surface area contributed by atoms with Gasteiger partial charge in [0.05, 0.1) is 6.54 Å². The number of nitrogens with zero attached hydrogens (tertiary/aromatic N) is 1. The van der Waals surface area contributed by atoms with Gasteiger partial charge in [-0.05, 0) is 25.3 Å². The Morgan fingerprint density at radius 1 is 1.25 bits per heavy atom. The highest BCUT2D eigenvalue weighted by Gasteiger charge is 2.22. The Morgan fingerprint density at radius 3 is 2.45 bits per heavy atom. The van der Waals surface area contributed by atoms with E-state index >= 15 is 0 Å². The van der Waals surface area contributed by atoms with Gasteiger partial charge in [0.1, 0.15) is 5.60 Å². The molecule has 0 aromatic heterocycles. The predicted octanol–water partition coefficient (Wildman–Crippen LogP) is 2.11. The zero-order valence-corrected chi connectivity index (χ0v) is 13.0. The highest BCUT2D eigenvalue weighted by Crippen LogP contribution is 2.20. The van der Waals surface area contributed by atoms with Gasteiger partial charge in [0.2, 0.25) is 0 Å². The Kier molecular flexibility index (Phi) is 6.52. The molecule has 0 aliphatic rings. The number of aliphatic imine (C=N–C) groups is 1. The lowest BCUT2D eigenvalue weighted by Gasteiger charge is -2.22. The molecule has 1 unspecified atom stereocenters. The first-order valence-electron chi connectivity index (χ1n) is 7.25. The number of hydrogen-bond donors (Lipinski definition) is 3. The summed E-state index contributed by atoms with van der Waals surface area (Å²) in [5, 5.41) is 17.0. The summed E-state index contributed by atoms with van der Waals surface area (Å²) < 4.78 is 0. The van der Waals surface area contributed by atoms with Crippen LogP contribution in [0.15, 0.2) is 35.3 Å². The number of hydrogen-bond acceptors (Lipinski definition) is 2. The van der Waals surface area contributed by atoms with Crippen LogP contribution in [-0.2, 0) is 5.60 Å². The molecule has 1 aromatic carbocycles. The van der Waals surface area contributed by atoms with Crippen molar-refractivity contribution in [1.29, 1.82) is 0 Å². The van der Waals surface area contributed by atoms with E-state index in [1.54, 1.807) is 6.92 Å². The van der Waals surface area contributed by atoms with E-state index in [1.165, 1.54) is 0 Å². The minimum atomic E-state index is -0.957. The maximum atomic E-state index is 10.5. The third kappa shape index (κ3) is 5.61. The van der Waals surface area contributed by atoms with Crippen molar-refractivity contribution >= 4 is 5.96 Å². The zero-order valence-electron chi connectivity index (χ0n) is 13.0. The first kappa shape index (κ1) is 16.5. The number of rotatable bonds is 6. The molecule has 0 aliphatic carbocycles. The molecule has 4 heteroatoms. The average Bonchev–Trinajstić information content (AvgIpc) is 2.43. The second kappa shape index (κ2) is 7.90. The summed E-state index contributed by atoms with van der Waals surface area (Å²) in [5.41, 5.74) is -0.0787. The normalized spacial score (nSPS) is 15.0. The van der Waals surface area contributed by atoms with Gasteiger partial charge in [-0.25, -0.2) is 4.99 Å². The molecule has 3 N–H and O–H groups in total. The highest BCUT2D eigenvalue weighted by molar-refractivity contribution is 5.79. The van der Waals surface area contributed by atoms with Gasteiger partial charge in [-0.15, -0.1) is 0 Å². The lowest BCUT2D eigenvalue weighted by atomic mass is 9.96. The Hall–Kier alpha value is -1.55. The summed E-state index contributed by atoms with van der Waals surface area (Å²) in [7, 11) is 0. The summed E-state index contributed by atoms with van der Waals surface area (Å²) in [6.45, 7) is 10.1. The molecule has 0 saturated carbocycles. The summed E-state index contributed by atoms with van der Waals surface area (Å²) in [6.07, 6.45) is 0. The van der Waals surface area contributed by atoms with Gasteiger partial charge in [-0.2, -0.15) is 0 Å². The van der Waals surface area contributed by atoms with Gasteiger partial charge in [0.15, 0.2) is 5.96 Å². The van der Waals surface area contributed by atoms with Crippen molar-refractivity contribution in [3.05, 3.63) is 35.9 Å². The lowest BCUT2D eigenvalue weighted by molar-refractivity contribution is 0.0672. The Balaban J connectivity index is 2.70. The van der Waals surface area contributed by atoms with Gasteiger partial charge in [0, 0.05) is 13.1 Å². The van der Waals surface area contributed by atoms with Crippen molar-refractivity contribution in [3.8, 4) is 0 Å². The first-order chi connectivity index (χ1) is 9.45. The van der Waals surface area contributed by atoms with Crippen LogP contribution < -0.4 is 10.6 Å². The van der Waals surface area contributed by atoms with E-state index in [4.69, 9.17) is 0 Å². The third-order valence-corrected chi connectivity index (χ3v) is 2.96. The molecule has 0 bridgehead atoms. The molecule has 0 spiro atoms. The molecule has 112 valence electrons. The maximum absolute atomic E-state index is 10.5. The Morgan fingerprint density at radius 2 is 1.90 bits per heavy atom. The van der Waals surface area contributed by atoms with Gasteiger partial charge in [-0.3, -0.25) is 0 Å². The summed E-state index contributed by atoms with van der Waals surface area (Å²) in [6, 6.07) is 9.64. The topological polar surface area (TPSA) is 56.7 Å². The number of nitrogens with one attached hydrogen (secondary N) is 2. The van der Waals surface area contributed by atoms with Crippen LogP contribution in [0.2, 0.25) is 0 Å². The second-order valence-corrected chi connectivity index (χ2v) is 5.61. The largest absolute Gasteiger partial charge is 0.384 e. The van der Waals surface area contributed by atoms with E-state index in [0.29, 0.717) is 12.5 Å². The van der Waals surface area contributed by atoms with Crippen LogP contribution in [-0.4, -0.2) is 30.7 Å². The minimum absolute atomic E-state index is 0.324. The molecule has 1 atom stereocenters. The molecule has 0 radical (unpaired) electrons.